The predicted octanol–water partition coefficient (Wildman–Crippen LogP) is 2.29. The van der Waals surface area contributed by atoms with E-state index >= 15 is 0 Å². The summed E-state index contributed by atoms with van der Waals surface area (Å²) in [6.45, 7) is 0.502. The van der Waals surface area contributed by atoms with E-state index in [1.165, 1.54) is 12.1 Å². The van der Waals surface area contributed by atoms with E-state index < -0.39 is 0 Å². The molecule has 3 N–H and O–H groups in total. The van der Waals surface area contributed by atoms with Gasteiger partial charge in [0.2, 0.25) is 0 Å². The lowest BCUT2D eigenvalue weighted by Crippen LogP contribution is -2.03. The Morgan fingerprint density at radius 2 is 1.94 bits per heavy atom. The van der Waals surface area contributed by atoms with Crippen molar-refractivity contribution in [3.63, 3.8) is 0 Å². The Balaban J connectivity index is 2.06. The third kappa shape index (κ3) is 2.74. The first-order chi connectivity index (χ1) is 8.69. The van der Waals surface area contributed by atoms with Crippen molar-refractivity contribution >= 4 is 11.5 Å². The molecule has 0 fully saturated rings. The fourth-order valence-electron chi connectivity index (χ4n) is 1.45. The van der Waals surface area contributed by atoms with Gasteiger partial charge in [0.15, 0.2) is 5.69 Å². The van der Waals surface area contributed by atoms with E-state index in [-0.39, 0.29) is 11.5 Å². The molecule has 0 aliphatic carbocycles. The normalized spacial score (nSPS) is 9.78. The summed E-state index contributed by atoms with van der Waals surface area (Å²) in [5, 5.41) is 11.8. The fourth-order valence-corrected chi connectivity index (χ4v) is 1.45. The molecule has 0 aliphatic rings. The highest BCUT2D eigenvalue weighted by atomic mass is 19.1. The van der Waals surface area contributed by atoms with Gasteiger partial charge in [0, 0.05) is 6.54 Å². The van der Waals surface area contributed by atoms with Crippen LogP contribution in [0, 0.1) is 17.1 Å². The SMILES string of the molecule is N#Cc1nc(NCc2ccc(F)cc2)ccc1N. The Morgan fingerprint density at radius 1 is 1.22 bits per heavy atom. The number of hydrogen-bond acceptors (Lipinski definition) is 4. The molecule has 0 radical (unpaired) electrons. The summed E-state index contributed by atoms with van der Waals surface area (Å²) in [5.41, 5.74) is 7.04. The number of halogens is 1. The molecular weight excluding hydrogens is 231 g/mol. The summed E-state index contributed by atoms with van der Waals surface area (Å²) < 4.78 is 12.7. The van der Waals surface area contributed by atoms with Crippen LogP contribution in [0.25, 0.3) is 0 Å². The average Bonchev–Trinajstić information content (AvgIpc) is 2.39. The zero-order chi connectivity index (χ0) is 13.0. The fraction of sp³-hybridized carbons (Fsp3) is 0.0769. The molecule has 0 atom stereocenters. The first kappa shape index (κ1) is 11.9. The zero-order valence-electron chi connectivity index (χ0n) is 9.52. The minimum atomic E-state index is -0.267. The molecule has 5 heteroatoms. The van der Waals surface area contributed by atoms with Gasteiger partial charge in [-0.15, -0.1) is 0 Å². The van der Waals surface area contributed by atoms with Gasteiger partial charge in [-0.2, -0.15) is 5.26 Å². The Bertz CT molecular complexity index is 587. The number of rotatable bonds is 3. The summed E-state index contributed by atoms with van der Waals surface area (Å²) in [4.78, 5) is 4.05. The molecule has 0 saturated heterocycles. The number of anilines is 2. The van der Waals surface area contributed by atoms with Gasteiger partial charge in [-0.05, 0) is 29.8 Å². The monoisotopic (exact) mass is 242 g/mol. The second-order valence-corrected chi connectivity index (χ2v) is 3.73. The molecule has 2 rings (SSSR count). The minimum Gasteiger partial charge on any atom is -0.396 e. The van der Waals surface area contributed by atoms with Crippen molar-refractivity contribution in [3.05, 3.63) is 53.5 Å². The van der Waals surface area contributed by atoms with Crippen molar-refractivity contribution in [1.29, 1.82) is 5.26 Å². The van der Waals surface area contributed by atoms with Gasteiger partial charge in [0.1, 0.15) is 17.7 Å². The van der Waals surface area contributed by atoms with Crippen molar-refractivity contribution in [3.8, 4) is 6.07 Å². The third-order valence-corrected chi connectivity index (χ3v) is 2.42. The molecule has 90 valence electrons. The molecule has 1 heterocycles. The number of nitrogens with zero attached hydrogens (tertiary/aromatic N) is 2. The van der Waals surface area contributed by atoms with Gasteiger partial charge in [0.25, 0.3) is 0 Å². The van der Waals surface area contributed by atoms with Crippen LogP contribution in [-0.4, -0.2) is 4.98 Å². The van der Waals surface area contributed by atoms with Crippen LogP contribution in [0.1, 0.15) is 11.3 Å². The highest BCUT2D eigenvalue weighted by molar-refractivity contribution is 5.54. The number of aromatic nitrogens is 1. The van der Waals surface area contributed by atoms with Gasteiger partial charge in [-0.25, -0.2) is 9.37 Å². The highest BCUT2D eigenvalue weighted by Crippen LogP contribution is 2.13. The number of nitrogens with one attached hydrogen (secondary N) is 1. The second-order valence-electron chi connectivity index (χ2n) is 3.73. The predicted molar refractivity (Wildman–Crippen MR) is 67.1 cm³/mol. The number of pyridine rings is 1. The van der Waals surface area contributed by atoms with Crippen LogP contribution in [0.5, 0.6) is 0 Å². The van der Waals surface area contributed by atoms with Crippen LogP contribution in [0.3, 0.4) is 0 Å². The van der Waals surface area contributed by atoms with Gasteiger partial charge in [-0.1, -0.05) is 12.1 Å². The van der Waals surface area contributed by atoms with Crippen LogP contribution in [-0.2, 0) is 6.54 Å². The maximum atomic E-state index is 12.7. The number of nitriles is 1. The lowest BCUT2D eigenvalue weighted by Gasteiger charge is -2.06. The molecule has 1 aromatic heterocycles. The van der Waals surface area contributed by atoms with E-state index in [1.54, 1.807) is 24.3 Å². The number of nitrogens with two attached hydrogens (primary N) is 1. The smallest absolute Gasteiger partial charge is 0.165 e. The Hall–Kier alpha value is -2.61. The number of benzene rings is 1. The Labute approximate surface area is 104 Å². The largest absolute Gasteiger partial charge is 0.396 e. The highest BCUT2D eigenvalue weighted by Gasteiger charge is 2.02. The standard InChI is InChI=1S/C13H11FN4/c14-10-3-1-9(2-4-10)8-17-13-6-5-11(16)12(7-15)18-13/h1-6H,8,16H2,(H,17,18). The van der Waals surface area contributed by atoms with Crippen LogP contribution in [0.2, 0.25) is 0 Å². The molecule has 4 nitrogen and oxygen atoms in total. The lowest BCUT2D eigenvalue weighted by molar-refractivity contribution is 0.627. The third-order valence-electron chi connectivity index (χ3n) is 2.42. The Morgan fingerprint density at radius 3 is 2.61 bits per heavy atom. The molecule has 18 heavy (non-hydrogen) atoms. The number of hydrogen-bond donors (Lipinski definition) is 2. The quantitative estimate of drug-likeness (QED) is 0.865. The molecule has 0 spiro atoms. The maximum absolute atomic E-state index is 12.7. The van der Waals surface area contributed by atoms with Gasteiger partial charge in [-0.3, -0.25) is 0 Å². The van der Waals surface area contributed by atoms with E-state index in [9.17, 15) is 4.39 Å². The van der Waals surface area contributed by atoms with Crippen molar-refractivity contribution in [1.82, 2.24) is 4.98 Å². The molecule has 2 aromatic rings. The molecule has 0 bridgehead atoms. The van der Waals surface area contributed by atoms with E-state index in [2.05, 4.69) is 10.3 Å². The van der Waals surface area contributed by atoms with Crippen LogP contribution in [0.4, 0.5) is 15.9 Å². The van der Waals surface area contributed by atoms with Gasteiger partial charge in [0.05, 0.1) is 5.69 Å². The topological polar surface area (TPSA) is 74.7 Å². The average molecular weight is 242 g/mol. The van der Waals surface area contributed by atoms with E-state index in [1.807, 2.05) is 6.07 Å². The molecule has 0 saturated carbocycles. The summed E-state index contributed by atoms with van der Waals surface area (Å²) in [6.07, 6.45) is 0. The van der Waals surface area contributed by atoms with Crippen molar-refractivity contribution in [2.24, 2.45) is 0 Å². The Kier molecular flexibility index (Phi) is 3.39. The molecular formula is C13H11FN4. The molecule has 1 aromatic carbocycles. The summed E-state index contributed by atoms with van der Waals surface area (Å²) in [7, 11) is 0. The molecule has 0 amide bonds. The van der Waals surface area contributed by atoms with Crippen molar-refractivity contribution in [2.75, 3.05) is 11.1 Å². The zero-order valence-corrected chi connectivity index (χ0v) is 9.52. The van der Waals surface area contributed by atoms with E-state index in [4.69, 9.17) is 11.0 Å². The van der Waals surface area contributed by atoms with Gasteiger partial charge >= 0.3 is 0 Å². The second kappa shape index (κ2) is 5.15. The van der Waals surface area contributed by atoms with Gasteiger partial charge < -0.3 is 11.1 Å². The lowest BCUT2D eigenvalue weighted by atomic mass is 10.2. The van der Waals surface area contributed by atoms with E-state index in [0.29, 0.717) is 18.1 Å². The van der Waals surface area contributed by atoms with Crippen LogP contribution < -0.4 is 11.1 Å². The van der Waals surface area contributed by atoms with Crippen LogP contribution >= 0.6 is 0 Å². The first-order valence-corrected chi connectivity index (χ1v) is 5.34. The molecule has 0 aliphatic heterocycles. The minimum absolute atomic E-state index is 0.194. The maximum Gasteiger partial charge on any atom is 0.165 e. The summed E-state index contributed by atoms with van der Waals surface area (Å²) >= 11 is 0. The van der Waals surface area contributed by atoms with E-state index in [0.717, 1.165) is 5.56 Å². The van der Waals surface area contributed by atoms with Crippen molar-refractivity contribution < 1.29 is 4.39 Å². The summed E-state index contributed by atoms with van der Waals surface area (Å²) in [6, 6.07) is 11.4. The molecule has 0 unspecified atom stereocenters. The summed E-state index contributed by atoms with van der Waals surface area (Å²) in [5.74, 6) is 0.293. The first-order valence-electron chi connectivity index (χ1n) is 5.34. The van der Waals surface area contributed by atoms with Crippen LogP contribution in [0.15, 0.2) is 36.4 Å². The van der Waals surface area contributed by atoms with Crippen molar-refractivity contribution in [2.45, 2.75) is 6.54 Å². The number of nitrogen functional groups attached to an aromatic ring is 1.